The highest BCUT2D eigenvalue weighted by molar-refractivity contribution is 5.99. The Morgan fingerprint density at radius 2 is 1.88 bits per heavy atom. The van der Waals surface area contributed by atoms with E-state index in [9.17, 15) is 18.0 Å². The van der Waals surface area contributed by atoms with Gasteiger partial charge in [-0.3, -0.25) is 5.32 Å². The molecule has 0 unspecified atom stereocenters. The minimum atomic E-state index is -4.60. The maximum Gasteiger partial charge on any atom is 0.433 e. The van der Waals surface area contributed by atoms with E-state index < -0.39 is 17.9 Å². The number of nitrogens with two attached hydrogens (primary N) is 1. The van der Waals surface area contributed by atoms with Crippen LogP contribution < -0.4 is 16.4 Å². The molecule has 0 saturated carbocycles. The molecule has 4 N–H and O–H groups in total. The van der Waals surface area contributed by atoms with Gasteiger partial charge in [0.25, 0.3) is 0 Å². The monoisotopic (exact) mass is 440 g/mol. The van der Waals surface area contributed by atoms with Gasteiger partial charge in [0.15, 0.2) is 5.82 Å². The summed E-state index contributed by atoms with van der Waals surface area (Å²) in [6, 6.07) is 9.40. The van der Waals surface area contributed by atoms with Gasteiger partial charge in [-0.2, -0.15) is 18.3 Å². The van der Waals surface area contributed by atoms with Crippen molar-refractivity contribution in [2.75, 3.05) is 16.4 Å². The van der Waals surface area contributed by atoms with Crippen LogP contribution in [0.5, 0.6) is 0 Å². The van der Waals surface area contributed by atoms with Crippen molar-refractivity contribution in [1.29, 1.82) is 0 Å². The second-order valence-electron chi connectivity index (χ2n) is 6.78. The van der Waals surface area contributed by atoms with E-state index in [2.05, 4.69) is 32.6 Å². The molecular weight excluding hydrogens is 423 g/mol. The lowest BCUT2D eigenvalue weighted by Gasteiger charge is -2.10. The third-order valence-corrected chi connectivity index (χ3v) is 4.66. The molecular formula is C21H17F3N7O. The van der Waals surface area contributed by atoms with Crippen LogP contribution in [0.25, 0.3) is 16.6 Å². The molecule has 4 aromatic rings. The van der Waals surface area contributed by atoms with Gasteiger partial charge in [0.05, 0.1) is 0 Å². The number of pyridine rings is 1. The number of amides is 2. The van der Waals surface area contributed by atoms with Crippen molar-refractivity contribution < 1.29 is 18.0 Å². The lowest BCUT2D eigenvalue weighted by molar-refractivity contribution is -0.141. The summed E-state index contributed by atoms with van der Waals surface area (Å²) in [5, 5.41) is 9.02. The maximum atomic E-state index is 12.8. The number of hydrogen-bond donors (Lipinski definition) is 3. The zero-order chi connectivity index (χ0) is 22.9. The van der Waals surface area contributed by atoms with Crippen molar-refractivity contribution in [2.24, 2.45) is 0 Å². The van der Waals surface area contributed by atoms with Gasteiger partial charge in [-0.1, -0.05) is 18.2 Å². The summed E-state index contributed by atoms with van der Waals surface area (Å²) in [6.07, 6.45) is -0.902. The number of halogens is 3. The largest absolute Gasteiger partial charge is 0.433 e. The molecule has 0 bridgehead atoms. The van der Waals surface area contributed by atoms with E-state index in [0.29, 0.717) is 23.4 Å². The van der Waals surface area contributed by atoms with Gasteiger partial charge in [0.2, 0.25) is 0 Å². The third-order valence-electron chi connectivity index (χ3n) is 4.66. The van der Waals surface area contributed by atoms with Crippen LogP contribution >= 0.6 is 0 Å². The zero-order valence-corrected chi connectivity index (χ0v) is 16.5. The first-order valence-electron chi connectivity index (χ1n) is 9.39. The number of alkyl halides is 3. The molecule has 0 aliphatic carbocycles. The van der Waals surface area contributed by atoms with E-state index in [-0.39, 0.29) is 5.82 Å². The highest BCUT2D eigenvalue weighted by atomic mass is 19.4. The predicted octanol–water partition coefficient (Wildman–Crippen LogP) is 4.41. The fraction of sp³-hybridized carbons (Fsp3) is 0.0952. The Balaban J connectivity index is 1.53. The minimum absolute atomic E-state index is 0.218. The van der Waals surface area contributed by atoms with E-state index in [0.717, 1.165) is 28.8 Å². The smallest absolute Gasteiger partial charge is 0.382 e. The number of carbonyl (C=O) groups excluding carboxylic acids is 1. The van der Waals surface area contributed by atoms with Crippen molar-refractivity contribution in [1.82, 2.24) is 19.6 Å². The number of anilines is 3. The molecule has 3 heterocycles. The van der Waals surface area contributed by atoms with E-state index >= 15 is 0 Å². The Hall–Kier alpha value is -4.15. The van der Waals surface area contributed by atoms with E-state index in [1.807, 2.05) is 6.20 Å². The molecule has 2 amide bonds. The number of rotatable bonds is 4. The zero-order valence-electron chi connectivity index (χ0n) is 16.5. The summed E-state index contributed by atoms with van der Waals surface area (Å²) in [6.45, 7) is 3.94. The van der Waals surface area contributed by atoms with Crippen LogP contribution in [0.2, 0.25) is 0 Å². The Morgan fingerprint density at radius 3 is 2.56 bits per heavy atom. The number of nitrogens with zero attached hydrogens (tertiary/aromatic N) is 4. The molecule has 0 aliphatic rings. The van der Waals surface area contributed by atoms with Crippen molar-refractivity contribution in [3.8, 4) is 11.1 Å². The summed E-state index contributed by atoms with van der Waals surface area (Å²) < 4.78 is 40.0. The average molecular weight is 440 g/mol. The van der Waals surface area contributed by atoms with Crippen molar-refractivity contribution in [3.05, 3.63) is 73.2 Å². The van der Waals surface area contributed by atoms with Gasteiger partial charge in [0, 0.05) is 17.4 Å². The Labute approximate surface area is 180 Å². The number of urea groups is 1. The maximum absolute atomic E-state index is 12.8. The van der Waals surface area contributed by atoms with E-state index in [1.165, 1.54) is 12.4 Å². The number of aromatic nitrogens is 4. The lowest BCUT2D eigenvalue weighted by atomic mass is 10.0. The first kappa shape index (κ1) is 21.1. The second kappa shape index (κ2) is 8.17. The van der Waals surface area contributed by atoms with Gasteiger partial charge < -0.3 is 11.1 Å². The van der Waals surface area contributed by atoms with Crippen molar-refractivity contribution >= 4 is 28.9 Å². The molecule has 3 aromatic heterocycles. The predicted molar refractivity (Wildman–Crippen MR) is 114 cm³/mol. The summed E-state index contributed by atoms with van der Waals surface area (Å²) >= 11 is 0. The standard InChI is InChI=1S/C21H17F3N7O/c1-2-12-10-31-18(19(25)26-11-27-31)17(12)13-6-8-14(9-7-13)28-20(32)30-16-5-3-4-15(29-16)21(22,23)24/h3-11H,1-2H2,(H2,25,26,27)(H2,28,29,30,32). The van der Waals surface area contributed by atoms with E-state index in [1.54, 1.807) is 28.8 Å². The molecule has 4 rings (SSSR count). The molecule has 0 atom stereocenters. The van der Waals surface area contributed by atoms with Crippen molar-refractivity contribution in [3.63, 3.8) is 0 Å². The van der Waals surface area contributed by atoms with Crippen LogP contribution in [0.15, 0.2) is 55.0 Å². The summed E-state index contributed by atoms with van der Waals surface area (Å²) in [4.78, 5) is 19.6. The Bertz CT molecular complexity index is 1280. The highest BCUT2D eigenvalue weighted by Crippen LogP contribution is 2.33. The number of carbonyl (C=O) groups is 1. The van der Waals surface area contributed by atoms with Crippen LogP contribution in [-0.4, -0.2) is 25.6 Å². The molecule has 0 aliphatic heterocycles. The number of nitrogen functional groups attached to an aromatic ring is 1. The molecule has 0 fully saturated rings. The molecule has 8 nitrogen and oxygen atoms in total. The molecule has 32 heavy (non-hydrogen) atoms. The molecule has 163 valence electrons. The lowest BCUT2D eigenvalue weighted by Crippen LogP contribution is -2.21. The molecule has 0 saturated heterocycles. The molecule has 0 spiro atoms. The first-order valence-corrected chi connectivity index (χ1v) is 9.39. The van der Waals surface area contributed by atoms with Gasteiger partial charge in [-0.05, 0) is 48.7 Å². The van der Waals surface area contributed by atoms with E-state index in [4.69, 9.17) is 5.73 Å². The third kappa shape index (κ3) is 4.17. The number of benzene rings is 1. The normalized spacial score (nSPS) is 11.5. The summed E-state index contributed by atoms with van der Waals surface area (Å²) in [5.41, 5.74) is 8.60. The molecule has 11 heteroatoms. The summed E-state index contributed by atoms with van der Waals surface area (Å²) in [7, 11) is 0. The Morgan fingerprint density at radius 1 is 1.12 bits per heavy atom. The number of fused-ring (bicyclic) bond motifs is 1. The highest BCUT2D eigenvalue weighted by Gasteiger charge is 2.32. The number of hydrogen-bond acceptors (Lipinski definition) is 5. The van der Waals surface area contributed by atoms with Crippen LogP contribution in [0.3, 0.4) is 0 Å². The van der Waals surface area contributed by atoms with Crippen LogP contribution in [0, 0.1) is 6.92 Å². The fourth-order valence-electron chi connectivity index (χ4n) is 3.26. The average Bonchev–Trinajstić information content (AvgIpc) is 3.14. The first-order chi connectivity index (χ1) is 15.3. The van der Waals surface area contributed by atoms with Crippen LogP contribution in [0.4, 0.5) is 35.3 Å². The summed E-state index contributed by atoms with van der Waals surface area (Å²) in [5.74, 6) is 0.106. The van der Waals surface area contributed by atoms with Crippen LogP contribution in [-0.2, 0) is 12.6 Å². The van der Waals surface area contributed by atoms with Crippen molar-refractivity contribution in [2.45, 2.75) is 12.6 Å². The Kier molecular flexibility index (Phi) is 5.39. The van der Waals surface area contributed by atoms with Gasteiger partial charge >= 0.3 is 12.2 Å². The van der Waals surface area contributed by atoms with Crippen LogP contribution in [0.1, 0.15) is 11.3 Å². The van der Waals surface area contributed by atoms with Gasteiger partial charge in [-0.25, -0.2) is 19.3 Å². The molecule has 1 aromatic carbocycles. The second-order valence-corrected chi connectivity index (χ2v) is 6.78. The molecule has 1 radical (unpaired) electrons. The minimum Gasteiger partial charge on any atom is -0.382 e. The quantitative estimate of drug-likeness (QED) is 0.435. The van der Waals surface area contributed by atoms with Gasteiger partial charge in [0.1, 0.15) is 23.4 Å². The topological polar surface area (TPSA) is 110 Å². The fourth-order valence-corrected chi connectivity index (χ4v) is 3.26. The van der Waals surface area contributed by atoms with Gasteiger partial charge in [-0.15, -0.1) is 0 Å². The number of nitrogens with one attached hydrogen (secondary N) is 2. The SMILES string of the molecule is [CH2]Cc1cn2ncnc(N)c2c1-c1ccc(NC(=O)Nc2cccc(C(F)(F)F)n2)cc1.